The van der Waals surface area contributed by atoms with Crippen molar-refractivity contribution in [1.29, 1.82) is 0 Å². The van der Waals surface area contributed by atoms with Crippen LogP contribution in [0.1, 0.15) is 11.1 Å². The van der Waals surface area contributed by atoms with Crippen molar-refractivity contribution in [3.8, 4) is 11.1 Å². The molecular weight excluding hydrogens is 379 g/mol. The fraction of sp³-hybridized carbons (Fsp3) is 0. The number of hydrogen-bond acceptors (Lipinski definition) is 2. The summed E-state index contributed by atoms with van der Waals surface area (Å²) in [5.41, 5.74) is 4.08. The van der Waals surface area contributed by atoms with Crippen LogP contribution in [0.3, 0.4) is 0 Å². The molecule has 132 valence electrons. The van der Waals surface area contributed by atoms with E-state index in [9.17, 15) is 4.79 Å². The van der Waals surface area contributed by atoms with Crippen LogP contribution in [0.15, 0.2) is 84.4 Å². The molecule has 0 atom stereocenters. The maximum absolute atomic E-state index is 12.2. The van der Waals surface area contributed by atoms with Gasteiger partial charge in [-0.15, -0.1) is 0 Å². The number of ether oxygens (including phenoxy) is 1. The van der Waals surface area contributed by atoms with Gasteiger partial charge in [0.25, 0.3) is 0 Å². The van der Waals surface area contributed by atoms with Crippen molar-refractivity contribution in [3.05, 3.63) is 106 Å². The average molecular weight is 393 g/mol. The third kappa shape index (κ3) is 3.68. The number of benzene rings is 3. The van der Waals surface area contributed by atoms with Crippen molar-refractivity contribution >= 4 is 41.0 Å². The van der Waals surface area contributed by atoms with Gasteiger partial charge in [0.1, 0.15) is 5.76 Å². The summed E-state index contributed by atoms with van der Waals surface area (Å²) in [6.45, 7) is 0. The molecule has 0 spiro atoms. The molecule has 1 aliphatic heterocycles. The molecule has 1 heterocycles. The first-order valence-electron chi connectivity index (χ1n) is 8.37. The summed E-state index contributed by atoms with van der Waals surface area (Å²) in [4.78, 5) is 12.2. The van der Waals surface area contributed by atoms with Gasteiger partial charge in [0, 0.05) is 21.2 Å². The summed E-state index contributed by atoms with van der Waals surface area (Å²) < 4.78 is 5.43. The first-order valence-corrected chi connectivity index (χ1v) is 9.13. The Bertz CT molecular complexity index is 1050. The molecule has 2 nitrogen and oxygen atoms in total. The minimum absolute atomic E-state index is 0.409. The fourth-order valence-electron chi connectivity index (χ4n) is 2.89. The van der Waals surface area contributed by atoms with Crippen LogP contribution in [-0.4, -0.2) is 5.97 Å². The molecule has 3 aromatic carbocycles. The number of hydrogen-bond donors (Lipinski definition) is 0. The molecule has 0 aliphatic carbocycles. The van der Waals surface area contributed by atoms with Crippen LogP contribution in [0.4, 0.5) is 0 Å². The fourth-order valence-corrected chi connectivity index (χ4v) is 3.40. The van der Waals surface area contributed by atoms with Gasteiger partial charge in [-0.05, 0) is 35.4 Å². The first-order chi connectivity index (χ1) is 13.1. The van der Waals surface area contributed by atoms with E-state index in [0.717, 1.165) is 16.7 Å². The molecule has 0 bridgehead atoms. The van der Waals surface area contributed by atoms with Crippen LogP contribution >= 0.6 is 23.2 Å². The van der Waals surface area contributed by atoms with Crippen molar-refractivity contribution < 1.29 is 9.53 Å². The lowest BCUT2D eigenvalue weighted by atomic mass is 10.0. The van der Waals surface area contributed by atoms with Crippen molar-refractivity contribution in [2.75, 3.05) is 0 Å². The van der Waals surface area contributed by atoms with E-state index in [4.69, 9.17) is 27.9 Å². The zero-order valence-corrected chi connectivity index (χ0v) is 15.7. The summed E-state index contributed by atoms with van der Waals surface area (Å²) in [5, 5.41) is 0.966. The Hall–Kier alpha value is -2.81. The Balaban J connectivity index is 1.64. The predicted octanol–water partition coefficient (Wildman–Crippen LogP) is 6.64. The summed E-state index contributed by atoms with van der Waals surface area (Å²) in [6, 6.07) is 23.2. The number of halogens is 2. The molecule has 27 heavy (non-hydrogen) atoms. The highest BCUT2D eigenvalue weighted by molar-refractivity contribution is 6.37. The Kier molecular flexibility index (Phi) is 4.85. The van der Waals surface area contributed by atoms with Gasteiger partial charge in [-0.25, -0.2) is 4.79 Å². The second kappa shape index (κ2) is 7.43. The molecular formula is C23H14Cl2O2. The molecule has 0 amide bonds. The topological polar surface area (TPSA) is 26.3 Å². The van der Waals surface area contributed by atoms with Crippen LogP contribution in [0, 0.1) is 0 Å². The van der Waals surface area contributed by atoms with Crippen molar-refractivity contribution in [3.63, 3.8) is 0 Å². The summed E-state index contributed by atoms with van der Waals surface area (Å²) in [7, 11) is 0. The van der Waals surface area contributed by atoms with Gasteiger partial charge in [0.2, 0.25) is 0 Å². The first kappa shape index (κ1) is 17.6. The highest BCUT2D eigenvalue weighted by atomic mass is 35.5. The monoisotopic (exact) mass is 392 g/mol. The third-order valence-electron chi connectivity index (χ3n) is 4.30. The normalized spacial score (nSPS) is 15.0. The summed E-state index contributed by atoms with van der Waals surface area (Å²) >= 11 is 12.4. The lowest BCUT2D eigenvalue weighted by Crippen LogP contribution is -1.97. The zero-order valence-electron chi connectivity index (χ0n) is 14.2. The van der Waals surface area contributed by atoms with Gasteiger partial charge in [0.05, 0.1) is 5.57 Å². The van der Waals surface area contributed by atoms with Gasteiger partial charge < -0.3 is 4.74 Å². The van der Waals surface area contributed by atoms with Crippen LogP contribution in [-0.2, 0) is 9.53 Å². The quantitative estimate of drug-likeness (QED) is 0.368. The molecule has 4 heteroatoms. The van der Waals surface area contributed by atoms with E-state index in [1.54, 1.807) is 30.4 Å². The van der Waals surface area contributed by atoms with Gasteiger partial charge in [-0.3, -0.25) is 0 Å². The molecule has 0 aromatic heterocycles. The van der Waals surface area contributed by atoms with E-state index in [-0.39, 0.29) is 0 Å². The van der Waals surface area contributed by atoms with Gasteiger partial charge in [-0.1, -0.05) is 83.9 Å². The maximum Gasteiger partial charge on any atom is 0.343 e. The third-order valence-corrected chi connectivity index (χ3v) is 4.96. The van der Waals surface area contributed by atoms with Crippen LogP contribution in [0.2, 0.25) is 10.0 Å². The Labute approximate surface area is 167 Å². The smallest absolute Gasteiger partial charge is 0.343 e. The minimum Gasteiger partial charge on any atom is -0.422 e. The number of carbonyl (C=O) groups is 1. The minimum atomic E-state index is -0.423. The molecule has 0 saturated heterocycles. The van der Waals surface area contributed by atoms with Gasteiger partial charge in [-0.2, -0.15) is 0 Å². The Morgan fingerprint density at radius 1 is 0.704 bits per heavy atom. The van der Waals surface area contributed by atoms with Crippen LogP contribution in [0.25, 0.3) is 23.0 Å². The highest BCUT2D eigenvalue weighted by Crippen LogP contribution is 2.32. The van der Waals surface area contributed by atoms with E-state index in [1.165, 1.54) is 0 Å². The molecule has 0 fully saturated rings. The average Bonchev–Trinajstić information content (AvgIpc) is 3.06. The van der Waals surface area contributed by atoms with Crippen molar-refractivity contribution in [2.24, 2.45) is 0 Å². The van der Waals surface area contributed by atoms with E-state index in [1.807, 2.05) is 42.5 Å². The standard InChI is InChI=1S/C23H14Cl2O2/c24-20-7-4-8-21(25)19(20)13-18-14-22(27-23(18)26)17-11-9-16(10-12-17)15-5-2-1-3-6-15/h1-14H/b18-13-. The second-order valence-corrected chi connectivity index (χ2v) is 6.89. The van der Waals surface area contributed by atoms with Crippen LogP contribution < -0.4 is 0 Å². The van der Waals surface area contributed by atoms with Crippen molar-refractivity contribution in [1.82, 2.24) is 0 Å². The second-order valence-electron chi connectivity index (χ2n) is 6.08. The van der Waals surface area contributed by atoms with Crippen molar-refractivity contribution in [2.45, 2.75) is 0 Å². The number of esters is 1. The largest absolute Gasteiger partial charge is 0.422 e. The molecule has 3 aromatic rings. The van der Waals surface area contributed by atoms with E-state index in [2.05, 4.69) is 12.1 Å². The Morgan fingerprint density at radius 2 is 1.30 bits per heavy atom. The summed E-state index contributed by atoms with van der Waals surface area (Å²) in [5.74, 6) is 0.0853. The number of carbonyl (C=O) groups excluding carboxylic acids is 1. The van der Waals surface area contributed by atoms with Gasteiger partial charge in [0.15, 0.2) is 0 Å². The van der Waals surface area contributed by atoms with E-state index in [0.29, 0.717) is 26.9 Å². The highest BCUT2D eigenvalue weighted by Gasteiger charge is 2.22. The van der Waals surface area contributed by atoms with E-state index < -0.39 is 5.97 Å². The maximum atomic E-state index is 12.2. The zero-order chi connectivity index (χ0) is 18.8. The molecule has 0 radical (unpaired) electrons. The van der Waals surface area contributed by atoms with Gasteiger partial charge >= 0.3 is 5.97 Å². The molecule has 4 rings (SSSR count). The molecule has 1 aliphatic rings. The lowest BCUT2D eigenvalue weighted by molar-refractivity contribution is -0.130. The van der Waals surface area contributed by atoms with E-state index >= 15 is 0 Å². The molecule has 0 N–H and O–H groups in total. The lowest BCUT2D eigenvalue weighted by Gasteiger charge is -2.05. The predicted molar refractivity (Wildman–Crippen MR) is 110 cm³/mol. The number of cyclic esters (lactones) is 1. The SMILES string of the molecule is O=C1OC(c2ccc(-c3ccccc3)cc2)=C/C1=C/c1c(Cl)cccc1Cl. The number of rotatable bonds is 3. The molecule has 0 saturated carbocycles. The summed E-state index contributed by atoms with van der Waals surface area (Å²) in [6.07, 6.45) is 3.36. The van der Waals surface area contributed by atoms with Crippen LogP contribution in [0.5, 0.6) is 0 Å². The molecule has 0 unspecified atom stereocenters. The Morgan fingerprint density at radius 3 is 1.96 bits per heavy atom.